The second-order valence-corrected chi connectivity index (χ2v) is 4.06. The summed E-state index contributed by atoms with van der Waals surface area (Å²) in [6, 6.07) is -0.463. The molecule has 0 amide bonds. The van der Waals surface area contributed by atoms with Gasteiger partial charge in [0.25, 0.3) is 0 Å². The maximum Gasteiger partial charge on any atom is 0.329 e. The maximum absolute atomic E-state index is 11.7. The molecule has 0 saturated carbocycles. The van der Waals surface area contributed by atoms with Crippen LogP contribution in [0.15, 0.2) is 6.20 Å². The standard InChI is InChI=1S/C11H20N4O3/c1-4-8(2)12-10(11(17)18-3)9-7-15(5-6-16)14-13-9/h7-8,10,12,16H,4-6H2,1-3H3. The highest BCUT2D eigenvalue weighted by molar-refractivity contribution is 5.76. The lowest BCUT2D eigenvalue weighted by molar-refractivity contribution is -0.143. The van der Waals surface area contributed by atoms with Crippen LogP contribution in [0.5, 0.6) is 0 Å². The highest BCUT2D eigenvalue weighted by atomic mass is 16.5. The number of rotatable bonds is 7. The first kappa shape index (κ1) is 14.6. The van der Waals surface area contributed by atoms with Crippen LogP contribution >= 0.6 is 0 Å². The number of aliphatic hydroxyl groups excluding tert-OH is 1. The van der Waals surface area contributed by atoms with E-state index in [0.717, 1.165) is 6.42 Å². The van der Waals surface area contributed by atoms with E-state index in [1.54, 1.807) is 6.20 Å². The zero-order chi connectivity index (χ0) is 13.5. The van der Waals surface area contributed by atoms with E-state index in [4.69, 9.17) is 9.84 Å². The summed E-state index contributed by atoms with van der Waals surface area (Å²) in [5.74, 6) is -0.397. The summed E-state index contributed by atoms with van der Waals surface area (Å²) in [6.07, 6.45) is 2.52. The van der Waals surface area contributed by atoms with Gasteiger partial charge in [0.2, 0.25) is 0 Å². The average Bonchev–Trinajstić information content (AvgIpc) is 2.83. The molecule has 2 atom stereocenters. The Labute approximate surface area is 106 Å². The molecule has 18 heavy (non-hydrogen) atoms. The molecule has 0 radical (unpaired) electrons. The van der Waals surface area contributed by atoms with Crippen LogP contribution in [-0.4, -0.2) is 45.8 Å². The molecule has 1 heterocycles. The quantitative estimate of drug-likeness (QED) is 0.661. The molecule has 7 heteroatoms. The lowest BCUT2D eigenvalue weighted by atomic mass is 10.1. The van der Waals surface area contributed by atoms with Crippen molar-refractivity contribution in [3.63, 3.8) is 0 Å². The number of esters is 1. The van der Waals surface area contributed by atoms with Crippen LogP contribution < -0.4 is 5.32 Å². The molecule has 2 unspecified atom stereocenters. The molecule has 0 fully saturated rings. The Morgan fingerprint density at radius 2 is 2.39 bits per heavy atom. The monoisotopic (exact) mass is 256 g/mol. The molecule has 1 aromatic heterocycles. The molecule has 1 rings (SSSR count). The fourth-order valence-corrected chi connectivity index (χ4v) is 1.45. The van der Waals surface area contributed by atoms with Crippen LogP contribution in [-0.2, 0) is 16.1 Å². The van der Waals surface area contributed by atoms with Crippen molar-refractivity contribution in [2.75, 3.05) is 13.7 Å². The van der Waals surface area contributed by atoms with Crippen LogP contribution in [0.2, 0.25) is 0 Å². The number of carbonyl (C=O) groups excluding carboxylic acids is 1. The first-order chi connectivity index (χ1) is 8.62. The smallest absolute Gasteiger partial charge is 0.329 e. The third kappa shape index (κ3) is 3.78. The molecular weight excluding hydrogens is 236 g/mol. The fraction of sp³-hybridized carbons (Fsp3) is 0.727. The zero-order valence-corrected chi connectivity index (χ0v) is 11.0. The number of carbonyl (C=O) groups is 1. The Bertz CT molecular complexity index is 380. The minimum Gasteiger partial charge on any atom is -0.468 e. The van der Waals surface area contributed by atoms with Gasteiger partial charge >= 0.3 is 5.97 Å². The SMILES string of the molecule is CCC(C)NC(C(=O)OC)c1cn(CCO)nn1. The largest absolute Gasteiger partial charge is 0.468 e. The summed E-state index contributed by atoms with van der Waals surface area (Å²) in [5.41, 5.74) is 0.496. The Morgan fingerprint density at radius 3 is 2.94 bits per heavy atom. The number of ether oxygens (including phenoxy) is 1. The lowest BCUT2D eigenvalue weighted by Crippen LogP contribution is -2.36. The zero-order valence-electron chi connectivity index (χ0n) is 11.0. The van der Waals surface area contributed by atoms with Crippen LogP contribution in [0.3, 0.4) is 0 Å². The van der Waals surface area contributed by atoms with Crippen LogP contribution in [0.1, 0.15) is 32.0 Å². The first-order valence-electron chi connectivity index (χ1n) is 5.97. The van der Waals surface area contributed by atoms with Crippen molar-refractivity contribution in [2.45, 2.75) is 38.9 Å². The molecule has 0 aliphatic carbocycles. The Balaban J connectivity index is 2.83. The summed E-state index contributed by atoms with van der Waals surface area (Å²) >= 11 is 0. The van der Waals surface area contributed by atoms with E-state index in [1.165, 1.54) is 11.8 Å². The van der Waals surface area contributed by atoms with Crippen molar-refractivity contribution < 1.29 is 14.6 Å². The molecule has 2 N–H and O–H groups in total. The summed E-state index contributed by atoms with van der Waals surface area (Å²) in [7, 11) is 1.34. The van der Waals surface area contributed by atoms with Gasteiger partial charge in [-0.2, -0.15) is 0 Å². The van der Waals surface area contributed by atoms with Crippen molar-refractivity contribution in [3.05, 3.63) is 11.9 Å². The molecule has 1 aromatic rings. The van der Waals surface area contributed by atoms with E-state index in [0.29, 0.717) is 12.2 Å². The third-order valence-electron chi connectivity index (χ3n) is 2.68. The van der Waals surface area contributed by atoms with Crippen molar-refractivity contribution in [1.82, 2.24) is 20.3 Å². The fourth-order valence-electron chi connectivity index (χ4n) is 1.45. The van der Waals surface area contributed by atoms with Gasteiger partial charge in [-0.25, -0.2) is 9.48 Å². The second-order valence-electron chi connectivity index (χ2n) is 4.06. The average molecular weight is 256 g/mol. The van der Waals surface area contributed by atoms with Crippen LogP contribution in [0.25, 0.3) is 0 Å². The van der Waals surface area contributed by atoms with E-state index in [1.807, 2.05) is 13.8 Å². The van der Waals surface area contributed by atoms with Crippen LogP contribution in [0, 0.1) is 0 Å². The molecule has 7 nitrogen and oxygen atoms in total. The number of nitrogens with zero attached hydrogens (tertiary/aromatic N) is 3. The first-order valence-corrected chi connectivity index (χ1v) is 5.97. The second kappa shape index (κ2) is 7.07. The predicted molar refractivity (Wildman–Crippen MR) is 64.8 cm³/mol. The Kier molecular flexibility index (Phi) is 5.73. The minimum atomic E-state index is -0.627. The van der Waals surface area contributed by atoms with Crippen LogP contribution in [0.4, 0.5) is 0 Å². The number of hydrogen-bond donors (Lipinski definition) is 2. The summed E-state index contributed by atoms with van der Waals surface area (Å²) in [6.45, 7) is 4.33. The van der Waals surface area contributed by atoms with E-state index in [9.17, 15) is 4.79 Å². The van der Waals surface area contributed by atoms with Gasteiger partial charge in [-0.15, -0.1) is 5.10 Å². The van der Waals surface area contributed by atoms with Gasteiger partial charge in [0, 0.05) is 6.04 Å². The molecule has 0 bridgehead atoms. The lowest BCUT2D eigenvalue weighted by Gasteiger charge is -2.18. The van der Waals surface area contributed by atoms with E-state index in [2.05, 4.69) is 15.6 Å². The van der Waals surface area contributed by atoms with Crippen molar-refractivity contribution >= 4 is 5.97 Å². The maximum atomic E-state index is 11.7. The van der Waals surface area contributed by atoms with Gasteiger partial charge in [-0.1, -0.05) is 12.1 Å². The molecular formula is C11H20N4O3. The predicted octanol–water partition coefficient (Wildman–Crippen LogP) is -0.127. The van der Waals surface area contributed by atoms with Gasteiger partial charge in [0.05, 0.1) is 26.5 Å². The molecule has 0 aliphatic heterocycles. The number of hydrogen-bond acceptors (Lipinski definition) is 6. The summed E-state index contributed by atoms with van der Waals surface area (Å²) in [5, 5.41) is 19.7. The van der Waals surface area contributed by atoms with Gasteiger partial charge < -0.3 is 9.84 Å². The highest BCUT2D eigenvalue weighted by Gasteiger charge is 2.25. The Morgan fingerprint density at radius 1 is 1.67 bits per heavy atom. The molecule has 0 spiro atoms. The number of aromatic nitrogens is 3. The summed E-state index contributed by atoms with van der Waals surface area (Å²) in [4.78, 5) is 11.7. The van der Waals surface area contributed by atoms with Gasteiger partial charge in [0.15, 0.2) is 6.04 Å². The summed E-state index contributed by atoms with van der Waals surface area (Å²) < 4.78 is 6.24. The van der Waals surface area contributed by atoms with E-state index >= 15 is 0 Å². The molecule has 0 aliphatic rings. The molecule has 0 saturated heterocycles. The van der Waals surface area contributed by atoms with Crippen molar-refractivity contribution in [3.8, 4) is 0 Å². The Hall–Kier alpha value is -1.47. The number of methoxy groups -OCH3 is 1. The van der Waals surface area contributed by atoms with E-state index < -0.39 is 12.0 Å². The van der Waals surface area contributed by atoms with Crippen molar-refractivity contribution in [1.29, 1.82) is 0 Å². The number of nitrogens with one attached hydrogen (secondary N) is 1. The van der Waals surface area contributed by atoms with Gasteiger partial charge in [-0.05, 0) is 13.3 Å². The molecule has 0 aromatic carbocycles. The van der Waals surface area contributed by atoms with Gasteiger partial charge in [-0.3, -0.25) is 5.32 Å². The topological polar surface area (TPSA) is 89.3 Å². The van der Waals surface area contributed by atoms with E-state index in [-0.39, 0.29) is 12.6 Å². The normalized spacial score (nSPS) is 14.2. The molecule has 102 valence electrons. The number of aliphatic hydroxyl groups is 1. The third-order valence-corrected chi connectivity index (χ3v) is 2.68. The van der Waals surface area contributed by atoms with Gasteiger partial charge in [0.1, 0.15) is 5.69 Å². The van der Waals surface area contributed by atoms with Crippen molar-refractivity contribution in [2.24, 2.45) is 0 Å². The highest BCUT2D eigenvalue weighted by Crippen LogP contribution is 2.13. The minimum absolute atomic E-state index is 0.0233.